The van der Waals surface area contributed by atoms with E-state index in [0.717, 1.165) is 11.1 Å². The van der Waals surface area contributed by atoms with Gasteiger partial charge in [0.15, 0.2) is 0 Å². The average molecular weight is 550 g/mol. The van der Waals surface area contributed by atoms with Crippen molar-refractivity contribution in [2.24, 2.45) is 16.2 Å². The van der Waals surface area contributed by atoms with Gasteiger partial charge in [0.2, 0.25) is 0 Å². The second kappa shape index (κ2) is 12.4. The number of rotatable bonds is 10. The summed E-state index contributed by atoms with van der Waals surface area (Å²) in [5.41, 5.74) is 3.99. The molecule has 1 N–H and O–H groups in total. The van der Waals surface area contributed by atoms with Crippen LogP contribution in [0.5, 0.6) is 17.2 Å². The van der Waals surface area contributed by atoms with Crippen LogP contribution in [0.15, 0.2) is 113 Å². The van der Waals surface area contributed by atoms with E-state index in [1.807, 2.05) is 84.9 Å². The first-order valence-corrected chi connectivity index (χ1v) is 13.2. The van der Waals surface area contributed by atoms with Crippen LogP contribution in [0.3, 0.4) is 0 Å². The highest BCUT2D eigenvalue weighted by molar-refractivity contribution is 6.22. The molecule has 1 amide bonds. The maximum absolute atomic E-state index is 14.3. The number of hydrogen-bond donors (Lipinski definition) is 1. The predicted molar refractivity (Wildman–Crippen MR) is 159 cm³/mol. The van der Waals surface area contributed by atoms with Crippen LogP contribution in [0, 0.1) is 5.92 Å². The van der Waals surface area contributed by atoms with E-state index in [2.05, 4.69) is 5.16 Å². The molecule has 8 heteroatoms. The van der Waals surface area contributed by atoms with Crippen LogP contribution in [0.2, 0.25) is 0 Å². The SMILES string of the molecule is COc1ccc(C(C/C(=N/O)c2ccc(OC)cc2OC)C2C(=O)N(c3ccccc3)N=C2c2ccccc2)cc1. The largest absolute Gasteiger partial charge is 0.497 e. The van der Waals surface area contributed by atoms with E-state index in [-0.39, 0.29) is 12.3 Å². The van der Waals surface area contributed by atoms with E-state index < -0.39 is 11.8 Å². The lowest BCUT2D eigenvalue weighted by Gasteiger charge is -2.26. The molecule has 5 rings (SSSR count). The quantitative estimate of drug-likeness (QED) is 0.146. The molecule has 1 aliphatic rings. The Labute approximate surface area is 239 Å². The Morgan fingerprint density at radius 1 is 0.854 bits per heavy atom. The summed E-state index contributed by atoms with van der Waals surface area (Å²) >= 11 is 0. The number of hydrogen-bond acceptors (Lipinski definition) is 7. The molecule has 2 unspecified atom stereocenters. The number of hydrazone groups is 1. The van der Waals surface area contributed by atoms with Gasteiger partial charge in [-0.1, -0.05) is 65.8 Å². The van der Waals surface area contributed by atoms with Crippen molar-refractivity contribution in [2.75, 3.05) is 26.3 Å². The molecule has 0 bridgehead atoms. The van der Waals surface area contributed by atoms with Crippen molar-refractivity contribution in [1.29, 1.82) is 0 Å². The third-order valence-corrected chi connectivity index (χ3v) is 7.25. The van der Waals surface area contributed by atoms with E-state index >= 15 is 0 Å². The smallest absolute Gasteiger partial charge is 0.257 e. The molecule has 0 aliphatic carbocycles. The summed E-state index contributed by atoms with van der Waals surface area (Å²) in [6, 6.07) is 31.9. The molecule has 0 saturated carbocycles. The lowest BCUT2D eigenvalue weighted by Crippen LogP contribution is -2.33. The topological polar surface area (TPSA) is 92.9 Å². The molecular weight excluding hydrogens is 518 g/mol. The Morgan fingerprint density at radius 2 is 1.49 bits per heavy atom. The molecule has 41 heavy (non-hydrogen) atoms. The fraction of sp³-hybridized carbons (Fsp3) is 0.182. The summed E-state index contributed by atoms with van der Waals surface area (Å²) in [7, 11) is 4.73. The minimum absolute atomic E-state index is 0.171. The third-order valence-electron chi connectivity index (χ3n) is 7.25. The van der Waals surface area contributed by atoms with Crippen LogP contribution in [-0.2, 0) is 4.79 Å². The Bertz CT molecular complexity index is 1550. The van der Waals surface area contributed by atoms with E-state index in [4.69, 9.17) is 19.3 Å². The number of amides is 1. The summed E-state index contributed by atoms with van der Waals surface area (Å²) in [6.07, 6.45) is 0.219. The normalized spacial score (nSPS) is 15.8. The van der Waals surface area contributed by atoms with Gasteiger partial charge >= 0.3 is 0 Å². The number of anilines is 1. The molecule has 0 fully saturated rings. The molecule has 0 saturated heterocycles. The number of oxime groups is 1. The van der Waals surface area contributed by atoms with Gasteiger partial charge in [0.25, 0.3) is 5.91 Å². The van der Waals surface area contributed by atoms with Gasteiger partial charge in [-0.2, -0.15) is 10.1 Å². The van der Waals surface area contributed by atoms with Gasteiger partial charge in [0.1, 0.15) is 17.2 Å². The predicted octanol–water partition coefficient (Wildman–Crippen LogP) is 6.13. The maximum Gasteiger partial charge on any atom is 0.257 e. The summed E-state index contributed by atoms with van der Waals surface area (Å²) in [5, 5.41) is 20.3. The molecule has 1 aliphatic heterocycles. The van der Waals surface area contributed by atoms with Crippen molar-refractivity contribution < 1.29 is 24.2 Å². The molecule has 4 aromatic carbocycles. The molecule has 8 nitrogen and oxygen atoms in total. The monoisotopic (exact) mass is 549 g/mol. The second-order valence-corrected chi connectivity index (χ2v) is 9.51. The highest BCUT2D eigenvalue weighted by atomic mass is 16.5. The Kier molecular flexibility index (Phi) is 8.29. The second-order valence-electron chi connectivity index (χ2n) is 9.51. The highest BCUT2D eigenvalue weighted by Gasteiger charge is 2.43. The van der Waals surface area contributed by atoms with E-state index in [1.165, 1.54) is 5.01 Å². The summed E-state index contributed by atoms with van der Waals surface area (Å²) in [4.78, 5) is 14.3. The van der Waals surface area contributed by atoms with Crippen LogP contribution in [0.25, 0.3) is 0 Å². The fourth-order valence-corrected chi connectivity index (χ4v) is 5.16. The minimum atomic E-state index is -0.674. The maximum atomic E-state index is 14.3. The number of nitrogens with zero attached hydrogens (tertiary/aromatic N) is 3. The number of carbonyl (C=O) groups is 1. The molecule has 0 radical (unpaired) electrons. The number of methoxy groups -OCH3 is 3. The number of benzene rings is 4. The zero-order valence-electron chi connectivity index (χ0n) is 23.1. The first-order chi connectivity index (χ1) is 20.1. The van der Waals surface area contributed by atoms with Crippen molar-refractivity contribution in [3.05, 3.63) is 120 Å². The lowest BCUT2D eigenvalue weighted by molar-refractivity contribution is -0.120. The first-order valence-electron chi connectivity index (χ1n) is 13.2. The standard InChI is InChI=1S/C33H31N3O5/c1-39-25-16-14-22(15-17-25)28(21-29(35-38)27-19-18-26(40-2)20-30(27)41-3)31-32(23-10-6-4-7-11-23)34-36(33(31)37)24-12-8-5-9-13-24/h4-20,28,31,38H,21H2,1-3H3/b35-29-. The van der Waals surface area contributed by atoms with Crippen molar-refractivity contribution in [3.8, 4) is 17.2 Å². The number of carbonyl (C=O) groups excluding carboxylic acids is 1. The number of ether oxygens (including phenoxy) is 3. The van der Waals surface area contributed by atoms with Crippen LogP contribution in [0.1, 0.15) is 29.0 Å². The van der Waals surface area contributed by atoms with E-state index in [9.17, 15) is 10.0 Å². The lowest BCUT2D eigenvalue weighted by atomic mass is 9.77. The van der Waals surface area contributed by atoms with Crippen LogP contribution < -0.4 is 19.2 Å². The molecule has 0 aromatic heterocycles. The van der Waals surface area contributed by atoms with Crippen molar-refractivity contribution in [2.45, 2.75) is 12.3 Å². The van der Waals surface area contributed by atoms with E-state index in [1.54, 1.807) is 39.5 Å². The van der Waals surface area contributed by atoms with Crippen LogP contribution >= 0.6 is 0 Å². The van der Waals surface area contributed by atoms with Gasteiger partial charge in [-0.15, -0.1) is 0 Å². The zero-order chi connectivity index (χ0) is 28.8. The van der Waals surface area contributed by atoms with Crippen molar-refractivity contribution in [1.82, 2.24) is 0 Å². The van der Waals surface area contributed by atoms with Gasteiger partial charge in [0.05, 0.1) is 44.4 Å². The van der Waals surface area contributed by atoms with Crippen molar-refractivity contribution >= 4 is 23.0 Å². The molecule has 4 aromatic rings. The number of para-hydroxylation sites is 1. The first kappa shape index (κ1) is 27.5. The van der Waals surface area contributed by atoms with Gasteiger partial charge in [0, 0.05) is 24.0 Å². The zero-order valence-corrected chi connectivity index (χ0v) is 23.1. The third kappa shape index (κ3) is 5.63. The summed E-state index contributed by atoms with van der Waals surface area (Å²) in [5.74, 6) is 0.505. The average Bonchev–Trinajstić information content (AvgIpc) is 3.39. The van der Waals surface area contributed by atoms with Gasteiger partial charge in [-0.05, 0) is 47.5 Å². The highest BCUT2D eigenvalue weighted by Crippen LogP contribution is 2.40. The van der Waals surface area contributed by atoms with Gasteiger partial charge in [-0.25, -0.2) is 0 Å². The molecule has 2 atom stereocenters. The molecular formula is C33H31N3O5. The van der Waals surface area contributed by atoms with Crippen LogP contribution in [0.4, 0.5) is 5.69 Å². The summed E-state index contributed by atoms with van der Waals surface area (Å²) in [6.45, 7) is 0. The molecule has 1 heterocycles. The minimum Gasteiger partial charge on any atom is -0.497 e. The molecule has 0 spiro atoms. The molecule has 208 valence electrons. The Morgan fingerprint density at radius 3 is 2.10 bits per heavy atom. The Balaban J connectivity index is 1.63. The summed E-state index contributed by atoms with van der Waals surface area (Å²) < 4.78 is 16.4. The van der Waals surface area contributed by atoms with Gasteiger partial charge in [-0.3, -0.25) is 4.79 Å². The van der Waals surface area contributed by atoms with Crippen LogP contribution in [-0.4, -0.2) is 43.9 Å². The fourth-order valence-electron chi connectivity index (χ4n) is 5.16. The van der Waals surface area contributed by atoms with E-state index in [0.29, 0.717) is 39.9 Å². The van der Waals surface area contributed by atoms with Gasteiger partial charge < -0.3 is 19.4 Å². The Hall–Kier alpha value is -5.11. The van der Waals surface area contributed by atoms with Crippen molar-refractivity contribution in [3.63, 3.8) is 0 Å².